The lowest BCUT2D eigenvalue weighted by Gasteiger charge is -2.09. The highest BCUT2D eigenvalue weighted by molar-refractivity contribution is 14.1. The molecule has 0 aliphatic heterocycles. The van der Waals surface area contributed by atoms with Gasteiger partial charge in [0.25, 0.3) is 0 Å². The lowest BCUT2D eigenvalue weighted by Crippen LogP contribution is -1.97. The maximum atomic E-state index is 5.76. The first-order chi connectivity index (χ1) is 8.69. The summed E-state index contributed by atoms with van der Waals surface area (Å²) < 4.78 is 13.2. The van der Waals surface area contributed by atoms with E-state index in [0.29, 0.717) is 6.61 Å². The zero-order valence-electron chi connectivity index (χ0n) is 9.82. The van der Waals surface area contributed by atoms with Crippen LogP contribution >= 0.6 is 38.5 Å². The Morgan fingerprint density at radius 3 is 2.67 bits per heavy atom. The normalized spacial score (nSPS) is 10.2. The SMILES string of the molecule is COc1ccc(Br)c(COc2cccc(I)c2)c1. The molecular weight excluding hydrogens is 407 g/mol. The molecule has 0 atom stereocenters. The molecule has 0 heterocycles. The van der Waals surface area contributed by atoms with E-state index in [1.54, 1.807) is 7.11 Å². The summed E-state index contributed by atoms with van der Waals surface area (Å²) in [6.45, 7) is 0.512. The Morgan fingerprint density at radius 2 is 1.94 bits per heavy atom. The first-order valence-electron chi connectivity index (χ1n) is 5.40. The molecule has 2 rings (SSSR count). The maximum absolute atomic E-state index is 5.76. The maximum Gasteiger partial charge on any atom is 0.120 e. The van der Waals surface area contributed by atoms with E-state index in [1.165, 1.54) is 0 Å². The summed E-state index contributed by atoms with van der Waals surface area (Å²) in [4.78, 5) is 0. The van der Waals surface area contributed by atoms with Crippen molar-refractivity contribution in [3.8, 4) is 11.5 Å². The molecule has 0 unspecified atom stereocenters. The fourth-order valence-electron chi connectivity index (χ4n) is 1.51. The third-order valence-electron chi connectivity index (χ3n) is 2.44. The minimum atomic E-state index is 0.512. The van der Waals surface area contributed by atoms with Crippen molar-refractivity contribution in [1.82, 2.24) is 0 Å². The van der Waals surface area contributed by atoms with Gasteiger partial charge in [-0.2, -0.15) is 0 Å². The third kappa shape index (κ3) is 3.62. The van der Waals surface area contributed by atoms with Crippen LogP contribution in [0.3, 0.4) is 0 Å². The Hall–Kier alpha value is -0.750. The molecule has 0 aliphatic carbocycles. The summed E-state index contributed by atoms with van der Waals surface area (Å²) in [6.07, 6.45) is 0. The van der Waals surface area contributed by atoms with Gasteiger partial charge in [0.2, 0.25) is 0 Å². The van der Waals surface area contributed by atoms with E-state index in [0.717, 1.165) is 25.1 Å². The van der Waals surface area contributed by atoms with Gasteiger partial charge in [0.15, 0.2) is 0 Å². The van der Waals surface area contributed by atoms with Crippen molar-refractivity contribution < 1.29 is 9.47 Å². The van der Waals surface area contributed by atoms with E-state index in [-0.39, 0.29) is 0 Å². The molecule has 0 aliphatic rings. The molecule has 2 nitrogen and oxygen atoms in total. The molecule has 94 valence electrons. The van der Waals surface area contributed by atoms with E-state index in [2.05, 4.69) is 38.5 Å². The van der Waals surface area contributed by atoms with Crippen LogP contribution in [0, 0.1) is 3.57 Å². The standard InChI is InChI=1S/C14H12BrIO2/c1-17-12-5-6-14(15)10(7-12)9-18-13-4-2-3-11(16)8-13/h2-8H,9H2,1H3. The second-order valence-electron chi connectivity index (χ2n) is 3.70. The molecule has 0 bridgehead atoms. The Bertz CT molecular complexity index is 543. The fraction of sp³-hybridized carbons (Fsp3) is 0.143. The fourth-order valence-corrected chi connectivity index (χ4v) is 2.38. The number of ether oxygens (including phenoxy) is 2. The summed E-state index contributed by atoms with van der Waals surface area (Å²) in [5.41, 5.74) is 1.06. The summed E-state index contributed by atoms with van der Waals surface area (Å²) in [6, 6.07) is 13.8. The molecule has 0 fully saturated rings. The van der Waals surface area contributed by atoms with Crippen LogP contribution < -0.4 is 9.47 Å². The van der Waals surface area contributed by atoms with Crippen molar-refractivity contribution in [2.75, 3.05) is 7.11 Å². The van der Waals surface area contributed by atoms with Crippen molar-refractivity contribution in [3.05, 3.63) is 56.1 Å². The van der Waals surface area contributed by atoms with Gasteiger partial charge < -0.3 is 9.47 Å². The molecule has 4 heteroatoms. The van der Waals surface area contributed by atoms with Gasteiger partial charge in [0.1, 0.15) is 18.1 Å². The molecule has 2 aromatic carbocycles. The molecular formula is C14H12BrIO2. The van der Waals surface area contributed by atoms with Gasteiger partial charge in [0.05, 0.1) is 7.11 Å². The number of hydrogen-bond donors (Lipinski definition) is 0. The Labute approximate surface area is 129 Å². The van der Waals surface area contributed by atoms with Gasteiger partial charge in [-0.3, -0.25) is 0 Å². The lowest BCUT2D eigenvalue weighted by atomic mass is 10.2. The summed E-state index contributed by atoms with van der Waals surface area (Å²) in [5.74, 6) is 1.70. The molecule has 0 N–H and O–H groups in total. The molecule has 0 aromatic heterocycles. The van der Waals surface area contributed by atoms with Crippen molar-refractivity contribution in [3.63, 3.8) is 0 Å². The largest absolute Gasteiger partial charge is 0.497 e. The van der Waals surface area contributed by atoms with Crippen molar-refractivity contribution in [2.24, 2.45) is 0 Å². The molecule has 0 saturated carbocycles. The predicted molar refractivity (Wildman–Crippen MR) is 84.2 cm³/mol. The monoisotopic (exact) mass is 418 g/mol. The molecule has 18 heavy (non-hydrogen) atoms. The second kappa shape index (κ2) is 6.43. The Kier molecular flexibility index (Phi) is 4.88. The summed E-state index contributed by atoms with van der Waals surface area (Å²) in [7, 11) is 1.66. The van der Waals surface area contributed by atoms with Gasteiger partial charge in [-0.25, -0.2) is 0 Å². The van der Waals surface area contributed by atoms with Gasteiger partial charge in [-0.1, -0.05) is 22.0 Å². The van der Waals surface area contributed by atoms with Gasteiger partial charge in [0, 0.05) is 13.6 Å². The summed E-state index contributed by atoms with van der Waals surface area (Å²) in [5, 5.41) is 0. The topological polar surface area (TPSA) is 18.5 Å². The van der Waals surface area contributed by atoms with E-state index in [1.807, 2.05) is 42.5 Å². The van der Waals surface area contributed by atoms with E-state index in [4.69, 9.17) is 9.47 Å². The minimum Gasteiger partial charge on any atom is -0.497 e. The predicted octanol–water partition coefficient (Wildman–Crippen LogP) is 4.64. The first-order valence-corrected chi connectivity index (χ1v) is 7.27. The number of hydrogen-bond acceptors (Lipinski definition) is 2. The van der Waals surface area contributed by atoms with Crippen LogP contribution in [0.25, 0.3) is 0 Å². The highest BCUT2D eigenvalue weighted by atomic mass is 127. The number of halogens is 2. The molecule has 0 spiro atoms. The first kappa shape index (κ1) is 13.7. The van der Waals surface area contributed by atoms with E-state index in [9.17, 15) is 0 Å². The average Bonchev–Trinajstić information content (AvgIpc) is 2.38. The highest BCUT2D eigenvalue weighted by Crippen LogP contribution is 2.24. The number of rotatable bonds is 4. The second-order valence-corrected chi connectivity index (χ2v) is 5.80. The zero-order valence-corrected chi connectivity index (χ0v) is 13.6. The molecule has 0 saturated heterocycles. The van der Waals surface area contributed by atoms with Crippen LogP contribution in [0.1, 0.15) is 5.56 Å². The van der Waals surface area contributed by atoms with Crippen LogP contribution in [-0.2, 0) is 6.61 Å². The van der Waals surface area contributed by atoms with Gasteiger partial charge in [-0.05, 0) is 59.0 Å². The van der Waals surface area contributed by atoms with E-state index >= 15 is 0 Å². The minimum absolute atomic E-state index is 0.512. The molecule has 0 radical (unpaired) electrons. The smallest absolute Gasteiger partial charge is 0.120 e. The molecule has 0 amide bonds. The molecule has 2 aromatic rings. The third-order valence-corrected chi connectivity index (χ3v) is 3.89. The number of benzene rings is 2. The van der Waals surface area contributed by atoms with Crippen molar-refractivity contribution >= 4 is 38.5 Å². The quantitative estimate of drug-likeness (QED) is 0.673. The summed E-state index contributed by atoms with van der Waals surface area (Å²) >= 11 is 5.78. The lowest BCUT2D eigenvalue weighted by molar-refractivity contribution is 0.304. The van der Waals surface area contributed by atoms with E-state index < -0.39 is 0 Å². The van der Waals surface area contributed by atoms with Crippen LogP contribution in [0.4, 0.5) is 0 Å². The van der Waals surface area contributed by atoms with Crippen molar-refractivity contribution in [2.45, 2.75) is 6.61 Å². The van der Waals surface area contributed by atoms with Crippen molar-refractivity contribution in [1.29, 1.82) is 0 Å². The number of methoxy groups -OCH3 is 1. The van der Waals surface area contributed by atoms with Crippen LogP contribution in [0.2, 0.25) is 0 Å². The Morgan fingerprint density at radius 1 is 1.11 bits per heavy atom. The van der Waals surface area contributed by atoms with Crippen LogP contribution in [0.5, 0.6) is 11.5 Å². The zero-order chi connectivity index (χ0) is 13.0. The van der Waals surface area contributed by atoms with Gasteiger partial charge >= 0.3 is 0 Å². The Balaban J connectivity index is 2.10. The van der Waals surface area contributed by atoms with Crippen LogP contribution in [0.15, 0.2) is 46.9 Å². The van der Waals surface area contributed by atoms with Crippen LogP contribution in [-0.4, -0.2) is 7.11 Å². The van der Waals surface area contributed by atoms with Gasteiger partial charge in [-0.15, -0.1) is 0 Å². The average molecular weight is 419 g/mol. The highest BCUT2D eigenvalue weighted by Gasteiger charge is 2.03.